The zero-order chi connectivity index (χ0) is 24.0. The van der Waals surface area contributed by atoms with Crippen molar-refractivity contribution in [2.75, 3.05) is 6.54 Å². The van der Waals surface area contributed by atoms with E-state index >= 15 is 8.78 Å². The van der Waals surface area contributed by atoms with Gasteiger partial charge in [0.25, 0.3) is 5.92 Å². The van der Waals surface area contributed by atoms with Crippen LogP contribution in [0, 0.1) is 23.0 Å². The van der Waals surface area contributed by atoms with Gasteiger partial charge in [-0.25, -0.2) is 14.6 Å². The van der Waals surface area contributed by atoms with E-state index in [1.807, 2.05) is 6.07 Å². The fourth-order valence-electron chi connectivity index (χ4n) is 3.09. The number of nitrogens with zero attached hydrogens (tertiary/aromatic N) is 4. The Morgan fingerprint density at radius 3 is 2.39 bits per heavy atom. The van der Waals surface area contributed by atoms with Gasteiger partial charge in [-0.2, -0.15) is 19.1 Å². The van der Waals surface area contributed by atoms with Crippen LogP contribution >= 0.6 is 0 Å². The minimum absolute atomic E-state index is 0.166. The lowest BCUT2D eigenvalue weighted by molar-refractivity contribution is -0.0443. The van der Waals surface area contributed by atoms with E-state index in [2.05, 4.69) is 10.1 Å². The number of ether oxygens (including phenoxy) is 1. The maximum atomic E-state index is 15.5. The van der Waals surface area contributed by atoms with Crippen molar-refractivity contribution >= 4 is 6.34 Å². The van der Waals surface area contributed by atoms with E-state index in [1.165, 1.54) is 18.2 Å². The minimum atomic E-state index is -3.72. The topological polar surface area (TPSA) is 114 Å². The van der Waals surface area contributed by atoms with Crippen molar-refractivity contribution in [3.05, 3.63) is 89.2 Å². The molecule has 33 heavy (non-hydrogen) atoms. The number of hydrogen-bond acceptors (Lipinski definition) is 6. The fraction of sp³-hybridized carbons (Fsp3) is 0.136. The molecule has 0 amide bonds. The second-order valence-corrected chi connectivity index (χ2v) is 6.92. The van der Waals surface area contributed by atoms with Crippen molar-refractivity contribution in [2.24, 2.45) is 16.8 Å². The molecule has 4 N–H and O–H groups in total. The smallest absolute Gasteiger partial charge is 0.298 e. The van der Waals surface area contributed by atoms with Crippen LogP contribution < -0.4 is 16.4 Å². The van der Waals surface area contributed by atoms with Crippen molar-refractivity contribution < 1.29 is 22.3 Å². The van der Waals surface area contributed by atoms with Crippen LogP contribution in [0.5, 0.6) is 11.5 Å². The third-order valence-electron chi connectivity index (χ3n) is 4.68. The molecule has 0 spiro atoms. The molecule has 170 valence electrons. The van der Waals surface area contributed by atoms with Gasteiger partial charge in [-0.1, -0.05) is 6.07 Å². The highest BCUT2D eigenvalue weighted by Crippen LogP contribution is 2.43. The molecular weight excluding hydrogens is 440 g/mol. The van der Waals surface area contributed by atoms with Crippen LogP contribution in [0.2, 0.25) is 0 Å². The van der Waals surface area contributed by atoms with E-state index in [0.29, 0.717) is 17.4 Å². The summed E-state index contributed by atoms with van der Waals surface area (Å²) in [7, 11) is 0. The lowest BCUT2D eigenvalue weighted by atomic mass is 9.89. The maximum absolute atomic E-state index is 15.5. The summed E-state index contributed by atoms with van der Waals surface area (Å²) in [6.45, 7) is -0.596. The molecule has 1 atom stereocenters. The third-order valence-corrected chi connectivity index (χ3v) is 4.68. The summed E-state index contributed by atoms with van der Waals surface area (Å²) >= 11 is 0. The first-order valence-electron chi connectivity index (χ1n) is 9.46. The zero-order valence-corrected chi connectivity index (χ0v) is 17.0. The summed E-state index contributed by atoms with van der Waals surface area (Å²) in [4.78, 5) is 3.79. The van der Waals surface area contributed by atoms with Crippen molar-refractivity contribution in [3.8, 4) is 17.6 Å². The first kappa shape index (κ1) is 23.5. The van der Waals surface area contributed by atoms with Gasteiger partial charge in [0.05, 0.1) is 23.7 Å². The molecule has 0 aliphatic rings. The Hall–Kier alpha value is -4.17. The Bertz CT molecular complexity index is 1160. The van der Waals surface area contributed by atoms with Crippen LogP contribution in [0.3, 0.4) is 0 Å². The quantitative estimate of drug-likeness (QED) is 0.174. The molecule has 0 aliphatic heterocycles. The van der Waals surface area contributed by atoms with Crippen LogP contribution in [-0.2, 0) is 5.92 Å². The van der Waals surface area contributed by atoms with Gasteiger partial charge in [0.1, 0.15) is 35.2 Å². The van der Waals surface area contributed by atoms with Gasteiger partial charge in [-0.05, 0) is 48.0 Å². The third kappa shape index (κ3) is 5.55. The molecule has 11 heteroatoms. The van der Waals surface area contributed by atoms with Crippen molar-refractivity contribution in [3.63, 3.8) is 0 Å². The molecule has 0 saturated heterocycles. The highest BCUT2D eigenvalue weighted by Gasteiger charge is 2.45. The first-order valence-corrected chi connectivity index (χ1v) is 9.46. The van der Waals surface area contributed by atoms with Crippen molar-refractivity contribution in [1.29, 1.82) is 5.26 Å². The summed E-state index contributed by atoms with van der Waals surface area (Å²) in [5.41, 5.74) is -0.702. The molecule has 0 bridgehead atoms. The van der Waals surface area contributed by atoms with Crippen LogP contribution in [0.4, 0.5) is 17.6 Å². The lowest BCUT2D eigenvalue weighted by Crippen LogP contribution is -2.40. The summed E-state index contributed by atoms with van der Waals surface area (Å²) in [5.74, 6) is 3.54. The van der Waals surface area contributed by atoms with Crippen molar-refractivity contribution in [1.82, 2.24) is 9.99 Å². The number of aromatic nitrogens is 1. The number of benzene rings is 2. The predicted molar refractivity (Wildman–Crippen MR) is 112 cm³/mol. The van der Waals surface area contributed by atoms with E-state index in [9.17, 15) is 8.78 Å². The molecular formula is C22H18F4N6O. The predicted octanol–water partition coefficient (Wildman–Crippen LogP) is 3.98. The molecule has 3 aromatic rings. The number of halogens is 4. The molecule has 0 fully saturated rings. The molecule has 0 aliphatic carbocycles. The van der Waals surface area contributed by atoms with Gasteiger partial charge in [0.15, 0.2) is 0 Å². The van der Waals surface area contributed by atoms with Gasteiger partial charge in [-0.15, -0.1) is 0 Å². The van der Waals surface area contributed by atoms with E-state index < -0.39 is 41.3 Å². The van der Waals surface area contributed by atoms with Gasteiger partial charge in [0, 0.05) is 12.6 Å². The maximum Gasteiger partial charge on any atom is 0.298 e. The Kier molecular flexibility index (Phi) is 7.10. The Morgan fingerprint density at radius 1 is 1.12 bits per heavy atom. The second-order valence-electron chi connectivity index (χ2n) is 6.92. The number of rotatable bonds is 8. The van der Waals surface area contributed by atoms with Gasteiger partial charge >= 0.3 is 0 Å². The van der Waals surface area contributed by atoms with E-state index in [0.717, 1.165) is 35.7 Å². The SMILES string of the molecule is N#Cc1ccc(Oc2ccc(C(F)(F)C(CN(N)/C=N\N)c3ccc(F)cc3F)nc2)cc1. The Morgan fingerprint density at radius 2 is 1.82 bits per heavy atom. The summed E-state index contributed by atoms with van der Waals surface area (Å²) in [6.07, 6.45) is 1.98. The van der Waals surface area contributed by atoms with Crippen LogP contribution in [0.25, 0.3) is 0 Å². The first-order chi connectivity index (χ1) is 15.7. The van der Waals surface area contributed by atoms with Crippen molar-refractivity contribution in [2.45, 2.75) is 11.8 Å². The van der Waals surface area contributed by atoms with E-state index in [-0.39, 0.29) is 5.75 Å². The van der Waals surface area contributed by atoms with Gasteiger partial charge < -0.3 is 10.6 Å². The van der Waals surface area contributed by atoms with Crippen LogP contribution in [0.15, 0.2) is 65.9 Å². The molecule has 0 saturated carbocycles. The molecule has 1 heterocycles. The number of alkyl halides is 2. The van der Waals surface area contributed by atoms with Gasteiger partial charge in [0.2, 0.25) is 0 Å². The lowest BCUT2D eigenvalue weighted by Gasteiger charge is -2.29. The highest BCUT2D eigenvalue weighted by atomic mass is 19.3. The van der Waals surface area contributed by atoms with E-state index in [4.69, 9.17) is 21.7 Å². The molecule has 0 radical (unpaired) electrons. The summed E-state index contributed by atoms with van der Waals surface area (Å²) in [6, 6.07) is 12.8. The number of nitriles is 1. The number of hydrazine groups is 1. The van der Waals surface area contributed by atoms with Crippen LogP contribution in [-0.4, -0.2) is 22.9 Å². The van der Waals surface area contributed by atoms with Gasteiger partial charge in [-0.3, -0.25) is 9.99 Å². The van der Waals surface area contributed by atoms with E-state index in [1.54, 1.807) is 12.1 Å². The minimum Gasteiger partial charge on any atom is -0.456 e. The second kappa shape index (κ2) is 9.97. The molecule has 1 aromatic heterocycles. The Balaban J connectivity index is 1.90. The average Bonchev–Trinajstić information content (AvgIpc) is 2.79. The Labute approximate surface area is 186 Å². The number of nitrogens with two attached hydrogens (primary N) is 2. The largest absolute Gasteiger partial charge is 0.456 e. The van der Waals surface area contributed by atoms with Crippen LogP contribution in [0.1, 0.15) is 22.7 Å². The summed E-state index contributed by atoms with van der Waals surface area (Å²) in [5, 5.41) is 12.8. The number of hydrogen-bond donors (Lipinski definition) is 2. The molecule has 1 unspecified atom stereocenters. The average molecular weight is 458 g/mol. The number of pyridine rings is 1. The zero-order valence-electron chi connectivity index (χ0n) is 17.0. The standard InChI is InChI=1S/C22H18F4N6O/c23-15-3-7-18(20(24)9-15)19(12-32(29)13-31-28)22(25,26)21-8-6-17(11-30-21)33-16-4-1-14(10-27)2-5-16/h1-9,11,13,19H,12,28-29H2/b31-13-. The molecule has 3 rings (SSSR count). The number of hydrazone groups is 1. The summed E-state index contributed by atoms with van der Waals surface area (Å²) < 4.78 is 64.2. The fourth-order valence-corrected chi connectivity index (χ4v) is 3.09. The molecule has 2 aromatic carbocycles. The normalized spacial score (nSPS) is 12.4. The molecule has 7 nitrogen and oxygen atoms in total. The highest BCUT2D eigenvalue weighted by molar-refractivity contribution is 5.53. The monoisotopic (exact) mass is 458 g/mol.